The van der Waals surface area contributed by atoms with Crippen LogP contribution in [0.15, 0.2) is 36.5 Å². The summed E-state index contributed by atoms with van der Waals surface area (Å²) >= 11 is 12.6. The van der Waals surface area contributed by atoms with Gasteiger partial charge in [0.1, 0.15) is 5.65 Å². The Morgan fingerprint density at radius 2 is 1.82 bits per heavy atom. The van der Waals surface area contributed by atoms with Crippen molar-refractivity contribution in [3.8, 4) is 11.3 Å². The maximum Gasteiger partial charge on any atom is 0.232 e. The van der Waals surface area contributed by atoms with Crippen LogP contribution in [-0.4, -0.2) is 73.0 Å². The van der Waals surface area contributed by atoms with E-state index < -0.39 is 10.0 Å². The normalized spacial score (nSPS) is 15.2. The first kappa shape index (κ1) is 23.8. The number of hydrogen-bond donors (Lipinski definition) is 0. The minimum atomic E-state index is -3.42. The Labute approximate surface area is 203 Å². The summed E-state index contributed by atoms with van der Waals surface area (Å²) in [7, 11) is -1.90. The summed E-state index contributed by atoms with van der Waals surface area (Å²) in [5, 5.41) is 1.02. The summed E-state index contributed by atoms with van der Waals surface area (Å²) in [6.45, 7) is 4.91. The number of anilines is 1. The molecule has 3 heterocycles. The molecule has 0 unspecified atom stereocenters. The Balaban J connectivity index is 1.80. The molecule has 2 aromatic heterocycles. The summed E-state index contributed by atoms with van der Waals surface area (Å²) in [5.41, 5.74) is 3.55. The molecule has 11 heteroatoms. The van der Waals surface area contributed by atoms with Crippen molar-refractivity contribution < 1.29 is 13.2 Å². The van der Waals surface area contributed by atoms with Crippen molar-refractivity contribution in [3.63, 3.8) is 0 Å². The van der Waals surface area contributed by atoms with Crippen molar-refractivity contribution in [2.75, 3.05) is 43.8 Å². The van der Waals surface area contributed by atoms with E-state index in [-0.39, 0.29) is 5.91 Å². The number of nitrogens with zero attached hydrogens (tertiary/aromatic N) is 5. The molecular formula is C22H25Cl2N5O3S. The van der Waals surface area contributed by atoms with Gasteiger partial charge in [0.05, 0.1) is 28.4 Å². The van der Waals surface area contributed by atoms with Gasteiger partial charge in [-0.3, -0.25) is 18.4 Å². The SMILES string of the molecule is CC(=O)N1CCN(Cc2c(-c3ccc(Cl)cc3Cl)nc3ccc(N(C)S(C)(=O)=O)cn23)CC1. The largest absolute Gasteiger partial charge is 0.340 e. The number of fused-ring (bicyclic) bond motifs is 1. The second-order valence-electron chi connectivity index (χ2n) is 8.16. The topological polar surface area (TPSA) is 78.2 Å². The summed E-state index contributed by atoms with van der Waals surface area (Å²) in [5.74, 6) is 0.0755. The van der Waals surface area contributed by atoms with Gasteiger partial charge in [-0.25, -0.2) is 13.4 Å². The highest BCUT2D eigenvalue weighted by atomic mass is 35.5. The molecule has 1 fully saturated rings. The molecule has 0 radical (unpaired) electrons. The van der Waals surface area contributed by atoms with E-state index in [9.17, 15) is 13.2 Å². The molecule has 0 bridgehead atoms. The van der Waals surface area contributed by atoms with Gasteiger partial charge in [-0.2, -0.15) is 0 Å². The molecule has 8 nitrogen and oxygen atoms in total. The molecule has 176 valence electrons. The zero-order chi connectivity index (χ0) is 23.9. The summed E-state index contributed by atoms with van der Waals surface area (Å²) < 4.78 is 27.3. The van der Waals surface area contributed by atoms with Crippen molar-refractivity contribution in [1.82, 2.24) is 19.2 Å². The lowest BCUT2D eigenvalue weighted by atomic mass is 10.1. The maximum absolute atomic E-state index is 12.1. The van der Waals surface area contributed by atoms with Gasteiger partial charge >= 0.3 is 0 Å². The molecule has 1 aliphatic heterocycles. The predicted molar refractivity (Wildman–Crippen MR) is 131 cm³/mol. The smallest absolute Gasteiger partial charge is 0.232 e. The summed E-state index contributed by atoms with van der Waals surface area (Å²) in [6.07, 6.45) is 2.94. The van der Waals surface area contributed by atoms with E-state index in [0.717, 1.165) is 24.3 Å². The van der Waals surface area contributed by atoms with Crippen molar-refractivity contribution in [2.45, 2.75) is 13.5 Å². The van der Waals surface area contributed by atoms with Crippen molar-refractivity contribution in [3.05, 3.63) is 52.3 Å². The Morgan fingerprint density at radius 1 is 1.12 bits per heavy atom. The zero-order valence-electron chi connectivity index (χ0n) is 18.6. The average Bonchev–Trinajstić information content (AvgIpc) is 3.10. The van der Waals surface area contributed by atoms with Crippen LogP contribution in [0.25, 0.3) is 16.9 Å². The van der Waals surface area contributed by atoms with Gasteiger partial charge in [0, 0.05) is 63.5 Å². The van der Waals surface area contributed by atoms with Crippen LogP contribution in [0.4, 0.5) is 5.69 Å². The van der Waals surface area contributed by atoms with Gasteiger partial charge in [-0.15, -0.1) is 0 Å². The number of piperazine rings is 1. The van der Waals surface area contributed by atoms with E-state index in [1.54, 1.807) is 37.4 Å². The van der Waals surface area contributed by atoms with Crippen LogP contribution < -0.4 is 4.31 Å². The lowest BCUT2D eigenvalue weighted by molar-refractivity contribution is -0.130. The van der Waals surface area contributed by atoms with E-state index in [1.807, 2.05) is 15.4 Å². The predicted octanol–water partition coefficient (Wildman–Crippen LogP) is 3.37. The number of amides is 1. The van der Waals surface area contributed by atoms with Crippen molar-refractivity contribution in [2.24, 2.45) is 0 Å². The van der Waals surface area contributed by atoms with Crippen LogP contribution in [0.2, 0.25) is 10.0 Å². The lowest BCUT2D eigenvalue weighted by Gasteiger charge is -2.34. The number of aromatic nitrogens is 2. The lowest BCUT2D eigenvalue weighted by Crippen LogP contribution is -2.47. The van der Waals surface area contributed by atoms with Crippen LogP contribution in [0.3, 0.4) is 0 Å². The molecule has 0 spiro atoms. The zero-order valence-corrected chi connectivity index (χ0v) is 21.0. The Kier molecular flexibility index (Phi) is 6.59. The third kappa shape index (κ3) is 4.96. The molecule has 0 N–H and O–H groups in total. The Hall–Kier alpha value is -2.33. The third-order valence-corrected chi connectivity index (χ3v) is 7.69. The van der Waals surface area contributed by atoms with Crippen LogP contribution in [0, 0.1) is 0 Å². The first-order chi connectivity index (χ1) is 15.5. The molecule has 1 aromatic carbocycles. The van der Waals surface area contributed by atoms with Crippen molar-refractivity contribution >= 4 is 50.5 Å². The quantitative estimate of drug-likeness (QED) is 0.526. The van der Waals surface area contributed by atoms with Gasteiger partial charge < -0.3 is 4.90 Å². The number of halogens is 2. The molecule has 0 atom stereocenters. The first-order valence-electron chi connectivity index (χ1n) is 10.4. The third-order valence-electron chi connectivity index (χ3n) is 5.94. The van der Waals surface area contributed by atoms with E-state index in [1.165, 1.54) is 17.6 Å². The maximum atomic E-state index is 12.1. The fourth-order valence-electron chi connectivity index (χ4n) is 3.94. The number of rotatable bonds is 5. The highest BCUT2D eigenvalue weighted by molar-refractivity contribution is 7.92. The number of imidazole rings is 1. The second-order valence-corrected chi connectivity index (χ2v) is 11.0. The number of hydrogen-bond acceptors (Lipinski definition) is 5. The monoisotopic (exact) mass is 509 g/mol. The van der Waals surface area contributed by atoms with Gasteiger partial charge in [-0.05, 0) is 30.3 Å². The average molecular weight is 510 g/mol. The first-order valence-corrected chi connectivity index (χ1v) is 13.0. The molecule has 1 aliphatic rings. The summed E-state index contributed by atoms with van der Waals surface area (Å²) in [4.78, 5) is 20.6. The number of carbonyl (C=O) groups is 1. The Bertz CT molecular complexity index is 1320. The Morgan fingerprint density at radius 3 is 2.42 bits per heavy atom. The van der Waals surface area contributed by atoms with Crippen LogP contribution in [0.5, 0.6) is 0 Å². The molecule has 4 rings (SSSR count). The van der Waals surface area contributed by atoms with Crippen molar-refractivity contribution in [1.29, 1.82) is 0 Å². The minimum Gasteiger partial charge on any atom is -0.340 e. The molecule has 0 saturated carbocycles. The molecule has 33 heavy (non-hydrogen) atoms. The second kappa shape index (κ2) is 9.13. The van der Waals surface area contributed by atoms with Crippen LogP contribution in [0.1, 0.15) is 12.6 Å². The highest BCUT2D eigenvalue weighted by Crippen LogP contribution is 2.34. The number of sulfonamides is 1. The molecule has 1 amide bonds. The van der Waals surface area contributed by atoms with E-state index in [2.05, 4.69) is 4.90 Å². The van der Waals surface area contributed by atoms with Crippen LogP contribution in [-0.2, 0) is 21.4 Å². The standard InChI is InChI=1S/C22H25Cl2N5O3S/c1-15(30)28-10-8-27(9-11-28)14-20-22(18-6-4-16(23)12-19(18)24)25-21-7-5-17(13-29(20)21)26(2)33(3,31)32/h4-7,12-13H,8-11,14H2,1-3H3. The van der Waals surface area contributed by atoms with Gasteiger partial charge in [0.25, 0.3) is 0 Å². The fourth-order valence-corrected chi connectivity index (χ4v) is 4.93. The van der Waals surface area contributed by atoms with E-state index in [0.29, 0.717) is 46.7 Å². The van der Waals surface area contributed by atoms with Gasteiger partial charge in [-0.1, -0.05) is 23.2 Å². The molecular weight excluding hydrogens is 485 g/mol. The highest BCUT2D eigenvalue weighted by Gasteiger charge is 2.24. The molecule has 3 aromatic rings. The molecule has 0 aliphatic carbocycles. The van der Waals surface area contributed by atoms with E-state index >= 15 is 0 Å². The minimum absolute atomic E-state index is 0.0755. The van der Waals surface area contributed by atoms with E-state index in [4.69, 9.17) is 28.2 Å². The molecule has 1 saturated heterocycles. The fraction of sp³-hybridized carbons (Fsp3) is 0.364. The number of pyridine rings is 1. The number of benzene rings is 1. The van der Waals surface area contributed by atoms with Crippen LogP contribution >= 0.6 is 23.2 Å². The van der Waals surface area contributed by atoms with Gasteiger partial charge in [0.15, 0.2) is 0 Å². The number of carbonyl (C=O) groups excluding carboxylic acids is 1. The summed E-state index contributed by atoms with van der Waals surface area (Å²) in [6, 6.07) is 8.81. The van der Waals surface area contributed by atoms with Gasteiger partial charge in [0.2, 0.25) is 15.9 Å².